The van der Waals surface area contributed by atoms with E-state index in [1.165, 1.54) is 23.8 Å². The maximum Gasteiger partial charge on any atom is 0.273 e. The number of aromatic nitrogens is 2. The van der Waals surface area contributed by atoms with Crippen LogP contribution < -0.4 is 10.6 Å². The number of amides is 2. The zero-order valence-corrected chi connectivity index (χ0v) is 17.4. The van der Waals surface area contributed by atoms with Crippen LogP contribution in [0, 0.1) is 0 Å². The SMILES string of the molecule is CC(=O)NCCCc1ccc(-c2csc(NC(=O)c3cc4ccccc4[nH]3)n2)cc1. The van der Waals surface area contributed by atoms with E-state index >= 15 is 0 Å². The molecule has 0 saturated heterocycles. The van der Waals surface area contributed by atoms with Crippen molar-refractivity contribution < 1.29 is 9.59 Å². The molecule has 0 saturated carbocycles. The number of aryl methyl sites for hydroxylation is 1. The van der Waals surface area contributed by atoms with Crippen LogP contribution in [-0.2, 0) is 11.2 Å². The maximum absolute atomic E-state index is 12.5. The molecule has 0 aliphatic rings. The molecule has 0 aliphatic heterocycles. The highest BCUT2D eigenvalue weighted by Crippen LogP contribution is 2.26. The van der Waals surface area contributed by atoms with Crippen LogP contribution in [0.5, 0.6) is 0 Å². The average molecular weight is 419 g/mol. The number of anilines is 1. The van der Waals surface area contributed by atoms with E-state index in [1.807, 2.05) is 47.8 Å². The first-order valence-electron chi connectivity index (χ1n) is 9.77. The Kier molecular flexibility index (Phi) is 5.90. The molecule has 0 unspecified atom stereocenters. The molecule has 152 valence electrons. The molecule has 2 amide bonds. The Morgan fingerprint density at radius 2 is 1.90 bits per heavy atom. The molecule has 7 heteroatoms. The van der Waals surface area contributed by atoms with Gasteiger partial charge in [0.2, 0.25) is 5.91 Å². The summed E-state index contributed by atoms with van der Waals surface area (Å²) in [5.74, 6) is -0.206. The number of carbonyl (C=O) groups is 2. The molecule has 3 N–H and O–H groups in total. The smallest absolute Gasteiger partial charge is 0.273 e. The van der Waals surface area contributed by atoms with E-state index in [0.717, 1.165) is 35.0 Å². The molecule has 4 aromatic rings. The summed E-state index contributed by atoms with van der Waals surface area (Å²) in [6, 6.07) is 17.8. The van der Waals surface area contributed by atoms with Gasteiger partial charge < -0.3 is 10.3 Å². The second kappa shape index (κ2) is 8.92. The predicted molar refractivity (Wildman–Crippen MR) is 121 cm³/mol. The van der Waals surface area contributed by atoms with E-state index in [2.05, 4.69) is 32.7 Å². The van der Waals surface area contributed by atoms with Gasteiger partial charge in [-0.2, -0.15) is 0 Å². The van der Waals surface area contributed by atoms with Crippen LogP contribution in [0.1, 0.15) is 29.4 Å². The van der Waals surface area contributed by atoms with Crippen LogP contribution in [0.4, 0.5) is 5.13 Å². The number of nitrogens with one attached hydrogen (secondary N) is 3. The molecule has 0 bridgehead atoms. The monoisotopic (exact) mass is 418 g/mol. The van der Waals surface area contributed by atoms with Crippen LogP contribution in [0.3, 0.4) is 0 Å². The van der Waals surface area contributed by atoms with Crippen molar-refractivity contribution in [3.8, 4) is 11.3 Å². The highest BCUT2D eigenvalue weighted by molar-refractivity contribution is 7.14. The second-order valence-electron chi connectivity index (χ2n) is 7.05. The van der Waals surface area contributed by atoms with Gasteiger partial charge >= 0.3 is 0 Å². The summed E-state index contributed by atoms with van der Waals surface area (Å²) in [5.41, 5.74) is 4.49. The van der Waals surface area contributed by atoms with E-state index in [9.17, 15) is 9.59 Å². The summed E-state index contributed by atoms with van der Waals surface area (Å²) in [4.78, 5) is 31.1. The van der Waals surface area contributed by atoms with Gasteiger partial charge in [0.1, 0.15) is 5.69 Å². The van der Waals surface area contributed by atoms with Gasteiger partial charge in [0, 0.05) is 35.3 Å². The minimum absolute atomic E-state index is 0.00122. The summed E-state index contributed by atoms with van der Waals surface area (Å²) in [6.07, 6.45) is 1.81. The molecule has 0 fully saturated rings. The normalized spacial score (nSPS) is 10.8. The lowest BCUT2D eigenvalue weighted by molar-refractivity contribution is -0.118. The number of thiazole rings is 1. The van der Waals surface area contributed by atoms with Crippen molar-refractivity contribution in [2.75, 3.05) is 11.9 Å². The van der Waals surface area contributed by atoms with Crippen molar-refractivity contribution in [3.63, 3.8) is 0 Å². The van der Waals surface area contributed by atoms with Crippen molar-refractivity contribution >= 4 is 39.2 Å². The van der Waals surface area contributed by atoms with Crippen molar-refractivity contribution in [3.05, 3.63) is 71.2 Å². The molecule has 4 rings (SSSR count). The van der Waals surface area contributed by atoms with Gasteiger partial charge in [0.25, 0.3) is 5.91 Å². The van der Waals surface area contributed by atoms with Gasteiger partial charge in [-0.05, 0) is 30.5 Å². The number of hydrogen-bond donors (Lipinski definition) is 3. The quantitative estimate of drug-likeness (QED) is 0.383. The average Bonchev–Trinajstić information content (AvgIpc) is 3.38. The highest BCUT2D eigenvalue weighted by atomic mass is 32.1. The maximum atomic E-state index is 12.5. The predicted octanol–water partition coefficient (Wildman–Crippen LogP) is 4.61. The van der Waals surface area contributed by atoms with Crippen LogP contribution in [0.25, 0.3) is 22.2 Å². The molecule has 6 nitrogen and oxygen atoms in total. The number of nitrogens with zero attached hydrogens (tertiary/aromatic N) is 1. The molecule has 0 spiro atoms. The zero-order valence-electron chi connectivity index (χ0n) is 16.6. The standard InChI is InChI=1S/C23H22N4O2S/c1-15(28)24-12-4-5-16-8-10-17(11-9-16)21-14-30-23(26-21)27-22(29)20-13-18-6-2-3-7-19(18)25-20/h2-3,6-11,13-14,25H,4-5,12H2,1H3,(H,24,28)(H,26,27,29). The number of fused-ring (bicyclic) bond motifs is 1. The lowest BCUT2D eigenvalue weighted by Crippen LogP contribution is -2.21. The van der Waals surface area contributed by atoms with Gasteiger partial charge in [0.05, 0.1) is 5.69 Å². The fourth-order valence-corrected chi connectivity index (χ4v) is 3.94. The Labute approximate surface area is 178 Å². The summed E-state index contributed by atoms with van der Waals surface area (Å²) in [5, 5.41) is 9.17. The fraction of sp³-hybridized carbons (Fsp3) is 0.174. The zero-order chi connectivity index (χ0) is 20.9. The molecule has 0 atom stereocenters. The molecule has 2 aromatic carbocycles. The number of para-hydroxylation sites is 1. The van der Waals surface area contributed by atoms with Gasteiger partial charge in [-0.15, -0.1) is 11.3 Å². The Balaban J connectivity index is 1.37. The topological polar surface area (TPSA) is 86.9 Å². The van der Waals surface area contributed by atoms with Gasteiger partial charge in [-0.25, -0.2) is 4.98 Å². The Morgan fingerprint density at radius 3 is 2.67 bits per heavy atom. The van der Waals surface area contributed by atoms with Gasteiger partial charge in [-0.3, -0.25) is 14.9 Å². The third-order valence-corrected chi connectivity index (χ3v) is 5.52. The first-order chi connectivity index (χ1) is 14.6. The van der Waals surface area contributed by atoms with E-state index in [0.29, 0.717) is 17.4 Å². The lowest BCUT2D eigenvalue weighted by Gasteiger charge is -2.04. The summed E-state index contributed by atoms with van der Waals surface area (Å²) in [6.45, 7) is 2.21. The van der Waals surface area contributed by atoms with E-state index in [-0.39, 0.29) is 11.8 Å². The number of H-pyrrole nitrogens is 1. The number of carbonyl (C=O) groups excluding carboxylic acids is 2. The first kappa shape index (κ1) is 19.8. The Hall–Kier alpha value is -3.45. The Morgan fingerprint density at radius 1 is 1.10 bits per heavy atom. The number of aromatic amines is 1. The van der Waals surface area contributed by atoms with E-state index in [4.69, 9.17) is 0 Å². The summed E-state index contributed by atoms with van der Waals surface area (Å²) in [7, 11) is 0. The van der Waals surface area contributed by atoms with E-state index < -0.39 is 0 Å². The van der Waals surface area contributed by atoms with E-state index in [1.54, 1.807) is 0 Å². The van der Waals surface area contributed by atoms with Crippen LogP contribution >= 0.6 is 11.3 Å². The van der Waals surface area contributed by atoms with Crippen LogP contribution in [0.15, 0.2) is 60.0 Å². The molecule has 0 aliphatic carbocycles. The van der Waals surface area contributed by atoms with Crippen molar-refractivity contribution in [2.24, 2.45) is 0 Å². The summed E-state index contributed by atoms with van der Waals surface area (Å²) >= 11 is 1.40. The third-order valence-electron chi connectivity index (χ3n) is 4.77. The Bertz CT molecular complexity index is 1140. The molecule has 2 heterocycles. The van der Waals surface area contributed by atoms with Gasteiger partial charge in [-0.1, -0.05) is 42.5 Å². The minimum atomic E-state index is -0.207. The molecule has 2 aromatic heterocycles. The molecular formula is C23H22N4O2S. The third kappa shape index (κ3) is 4.75. The first-order valence-corrected chi connectivity index (χ1v) is 10.6. The largest absolute Gasteiger partial charge is 0.356 e. The molecular weight excluding hydrogens is 396 g/mol. The fourth-order valence-electron chi connectivity index (χ4n) is 3.22. The van der Waals surface area contributed by atoms with Crippen molar-refractivity contribution in [1.29, 1.82) is 0 Å². The lowest BCUT2D eigenvalue weighted by atomic mass is 10.1. The van der Waals surface area contributed by atoms with Gasteiger partial charge in [0.15, 0.2) is 5.13 Å². The second-order valence-corrected chi connectivity index (χ2v) is 7.90. The van der Waals surface area contributed by atoms with Crippen molar-refractivity contribution in [1.82, 2.24) is 15.3 Å². The number of benzene rings is 2. The van der Waals surface area contributed by atoms with Crippen molar-refractivity contribution in [2.45, 2.75) is 19.8 Å². The summed E-state index contributed by atoms with van der Waals surface area (Å²) < 4.78 is 0. The van der Waals surface area contributed by atoms with Crippen LogP contribution in [0.2, 0.25) is 0 Å². The molecule has 0 radical (unpaired) electrons. The minimum Gasteiger partial charge on any atom is -0.356 e. The molecule has 30 heavy (non-hydrogen) atoms. The highest BCUT2D eigenvalue weighted by Gasteiger charge is 2.12. The van der Waals surface area contributed by atoms with Crippen LogP contribution in [-0.4, -0.2) is 28.3 Å². The number of rotatable bonds is 7. The number of hydrogen-bond acceptors (Lipinski definition) is 4.